The van der Waals surface area contributed by atoms with E-state index in [1.807, 2.05) is 6.92 Å². The molecule has 1 aliphatic carbocycles. The topological polar surface area (TPSA) is 159 Å². The zero-order chi connectivity index (χ0) is 39.8. The Bertz CT molecular complexity index is 2290. The fourth-order valence-electron chi connectivity index (χ4n) is 6.61. The summed E-state index contributed by atoms with van der Waals surface area (Å²) in [5, 5.41) is 2.16. The minimum Gasteiger partial charge on any atom is -0.322 e. The van der Waals surface area contributed by atoms with Crippen LogP contribution in [-0.2, 0) is 28.9 Å². The average Bonchev–Trinajstić information content (AvgIpc) is 3.97. The maximum absolute atomic E-state index is 14.3. The molecule has 4 aromatic rings. The molecule has 0 aliphatic heterocycles. The number of fused-ring (bicyclic) bond motifs is 1. The predicted molar refractivity (Wildman–Crippen MR) is 215 cm³/mol. The van der Waals surface area contributed by atoms with Crippen LogP contribution in [0.4, 0.5) is 5.69 Å². The highest BCUT2D eigenvalue weighted by Crippen LogP contribution is 2.50. The van der Waals surface area contributed by atoms with E-state index in [1.165, 1.54) is 68.5 Å². The van der Waals surface area contributed by atoms with Gasteiger partial charge in [-0.1, -0.05) is 125 Å². The first kappa shape index (κ1) is 42.5. The molecule has 1 saturated carbocycles. The molecular weight excluding hydrogens is 785 g/mol. The summed E-state index contributed by atoms with van der Waals surface area (Å²) < 4.78 is 60.6. The van der Waals surface area contributed by atoms with Gasteiger partial charge in [0, 0.05) is 5.41 Å². The lowest BCUT2D eigenvalue weighted by atomic mass is 10.0. The minimum absolute atomic E-state index is 0.0843. The standard InChI is InChI=1S/C40H47Cl2N3O8S2/c1-3-5-6-7-8-9-10-11-12-18-25-54(49,50)34-27-30(41)32(26-31(34)42)43-38(47)35(53-55(51,52)28-19-14-13-15-20-28)36-44-37(46)29-21-16-17-22-33(29)45(36)39(48)40(4-2)23-24-40/h13-17,19-22,26-27,35H,3-12,18,23-25H2,1-2H3,(H,43,47). The molecule has 0 bridgehead atoms. The number of halogens is 2. The molecule has 1 fully saturated rings. The van der Waals surface area contributed by atoms with E-state index < -0.39 is 54.7 Å². The number of rotatable bonds is 20. The number of nitrogens with zero attached hydrogens (tertiary/aromatic N) is 2. The van der Waals surface area contributed by atoms with Gasteiger partial charge >= 0.3 is 0 Å². The molecule has 0 radical (unpaired) electrons. The van der Waals surface area contributed by atoms with Crippen LogP contribution in [0.15, 0.2) is 81.3 Å². The molecule has 11 nitrogen and oxygen atoms in total. The first-order chi connectivity index (χ1) is 26.2. The molecule has 3 aromatic carbocycles. The lowest BCUT2D eigenvalue weighted by molar-refractivity contribution is -0.123. The minimum atomic E-state index is -4.71. The van der Waals surface area contributed by atoms with E-state index in [9.17, 15) is 31.2 Å². The van der Waals surface area contributed by atoms with Gasteiger partial charge in [0.2, 0.25) is 12.0 Å². The summed E-state index contributed by atoms with van der Waals surface area (Å²) in [5.41, 5.74) is -1.65. The third-order valence-corrected chi connectivity index (χ3v) is 14.0. The van der Waals surface area contributed by atoms with Crippen LogP contribution in [0.2, 0.25) is 10.0 Å². The molecule has 15 heteroatoms. The molecule has 1 heterocycles. The SMILES string of the molecule is CCCCCCCCCCCCS(=O)(=O)c1cc(Cl)c(NC(=O)C(OS(=O)(=O)c2ccccc2)c2nc(=O)c3ccccc3n2C(=O)C2(CC)CC2)cc1Cl. The fraction of sp³-hybridized carbons (Fsp3) is 0.450. The highest BCUT2D eigenvalue weighted by molar-refractivity contribution is 7.91. The van der Waals surface area contributed by atoms with Crippen molar-refractivity contribution in [2.45, 2.75) is 113 Å². The van der Waals surface area contributed by atoms with E-state index in [0.29, 0.717) is 25.7 Å². The first-order valence-electron chi connectivity index (χ1n) is 18.8. The number of hydrogen-bond acceptors (Lipinski definition) is 9. The van der Waals surface area contributed by atoms with Crippen molar-refractivity contribution in [1.82, 2.24) is 9.55 Å². The first-order valence-corrected chi connectivity index (χ1v) is 22.6. The Morgan fingerprint density at radius 1 is 0.836 bits per heavy atom. The Balaban J connectivity index is 1.44. The van der Waals surface area contributed by atoms with Crippen LogP contribution in [0.3, 0.4) is 0 Å². The van der Waals surface area contributed by atoms with Crippen LogP contribution < -0.4 is 10.9 Å². The number of sulfone groups is 1. The van der Waals surface area contributed by atoms with Crippen LogP contribution in [0.5, 0.6) is 0 Å². The summed E-state index contributed by atoms with van der Waals surface area (Å²) in [5.74, 6) is -2.33. The maximum Gasteiger partial charge on any atom is 0.298 e. The van der Waals surface area contributed by atoms with Crippen molar-refractivity contribution in [1.29, 1.82) is 0 Å². The molecule has 1 unspecified atom stereocenters. The number of anilines is 1. The summed E-state index contributed by atoms with van der Waals surface area (Å²) in [6, 6.07) is 15.5. The van der Waals surface area contributed by atoms with Gasteiger partial charge in [-0.3, -0.25) is 19.0 Å². The molecule has 1 N–H and O–H groups in total. The molecule has 1 aromatic heterocycles. The fourth-order valence-corrected chi connectivity index (χ4v) is 9.88. The van der Waals surface area contributed by atoms with Crippen molar-refractivity contribution >= 4 is 71.6 Å². The quantitative estimate of drug-likeness (QED) is 0.0677. The predicted octanol–water partition coefficient (Wildman–Crippen LogP) is 9.31. The van der Waals surface area contributed by atoms with Crippen molar-refractivity contribution in [3.05, 3.63) is 93.0 Å². The Labute approximate surface area is 332 Å². The average molecular weight is 833 g/mol. The summed E-state index contributed by atoms with van der Waals surface area (Å²) in [4.78, 5) is 45.4. The highest BCUT2D eigenvalue weighted by atomic mass is 35.5. The van der Waals surface area contributed by atoms with Gasteiger partial charge in [0.1, 0.15) is 0 Å². The number of amides is 1. The summed E-state index contributed by atoms with van der Waals surface area (Å²) in [6.45, 7) is 4.03. The molecule has 5 rings (SSSR count). The van der Waals surface area contributed by atoms with Crippen molar-refractivity contribution < 1.29 is 30.6 Å². The molecule has 1 atom stereocenters. The number of para-hydroxylation sites is 1. The van der Waals surface area contributed by atoms with E-state index >= 15 is 0 Å². The smallest absolute Gasteiger partial charge is 0.298 e. The highest BCUT2D eigenvalue weighted by Gasteiger charge is 2.50. The number of carbonyl (C=O) groups is 2. The van der Waals surface area contributed by atoms with Crippen LogP contribution in [0.1, 0.15) is 114 Å². The Morgan fingerprint density at radius 3 is 2.05 bits per heavy atom. The van der Waals surface area contributed by atoms with Gasteiger partial charge in [-0.25, -0.2) is 12.6 Å². The van der Waals surface area contributed by atoms with Gasteiger partial charge in [0.25, 0.3) is 21.6 Å². The monoisotopic (exact) mass is 831 g/mol. The van der Waals surface area contributed by atoms with Gasteiger partial charge in [-0.15, -0.1) is 0 Å². The Morgan fingerprint density at radius 2 is 1.44 bits per heavy atom. The number of hydrogen-bond donors (Lipinski definition) is 1. The normalized spacial score (nSPS) is 14.5. The molecular formula is C40H47Cl2N3O8S2. The summed E-state index contributed by atoms with van der Waals surface area (Å²) in [7, 11) is -8.56. The number of unbranched alkanes of at least 4 members (excludes halogenated alkanes) is 9. The van der Waals surface area contributed by atoms with E-state index in [2.05, 4.69) is 17.2 Å². The molecule has 0 spiro atoms. The van der Waals surface area contributed by atoms with Crippen LogP contribution >= 0.6 is 23.2 Å². The second-order valence-electron chi connectivity index (χ2n) is 14.1. The van der Waals surface area contributed by atoms with Crippen molar-refractivity contribution in [3.63, 3.8) is 0 Å². The van der Waals surface area contributed by atoms with E-state index in [4.69, 9.17) is 27.4 Å². The second-order valence-corrected chi connectivity index (χ2v) is 18.5. The Kier molecular flexibility index (Phi) is 14.3. The van der Waals surface area contributed by atoms with Gasteiger partial charge in [-0.2, -0.15) is 13.4 Å². The van der Waals surface area contributed by atoms with Gasteiger partial charge in [-0.05, 0) is 62.1 Å². The van der Waals surface area contributed by atoms with Gasteiger partial charge in [0.05, 0.1) is 42.2 Å². The number of carbonyl (C=O) groups excluding carboxylic acids is 2. The van der Waals surface area contributed by atoms with Crippen molar-refractivity contribution in [2.75, 3.05) is 11.1 Å². The maximum atomic E-state index is 14.3. The number of benzene rings is 3. The molecule has 0 saturated heterocycles. The molecule has 296 valence electrons. The largest absolute Gasteiger partial charge is 0.322 e. The van der Waals surface area contributed by atoms with Gasteiger partial charge in [0.15, 0.2) is 15.7 Å². The van der Waals surface area contributed by atoms with Crippen molar-refractivity contribution in [3.8, 4) is 0 Å². The molecule has 1 amide bonds. The third kappa shape index (κ3) is 10.2. The summed E-state index contributed by atoms with van der Waals surface area (Å²) >= 11 is 13.0. The molecule has 1 aliphatic rings. The number of aromatic nitrogens is 2. The van der Waals surface area contributed by atoms with E-state index in [-0.39, 0.29) is 42.2 Å². The van der Waals surface area contributed by atoms with Gasteiger partial charge < -0.3 is 5.32 Å². The van der Waals surface area contributed by atoms with E-state index in [0.717, 1.165) is 42.4 Å². The Hall–Kier alpha value is -3.62. The van der Waals surface area contributed by atoms with Crippen LogP contribution in [-0.4, -0.2) is 44.0 Å². The van der Waals surface area contributed by atoms with Crippen LogP contribution in [0, 0.1) is 5.41 Å². The number of nitrogens with one attached hydrogen (secondary N) is 1. The second kappa shape index (κ2) is 18.5. The lowest BCUT2D eigenvalue weighted by Gasteiger charge is -2.24. The zero-order valence-electron chi connectivity index (χ0n) is 31.1. The third-order valence-electron chi connectivity index (χ3n) is 10.1. The lowest BCUT2D eigenvalue weighted by Crippen LogP contribution is -2.36. The van der Waals surface area contributed by atoms with E-state index in [1.54, 1.807) is 18.2 Å². The molecule has 55 heavy (non-hydrogen) atoms. The van der Waals surface area contributed by atoms with Crippen molar-refractivity contribution in [2.24, 2.45) is 5.41 Å². The van der Waals surface area contributed by atoms with Crippen LogP contribution in [0.25, 0.3) is 10.9 Å². The zero-order valence-corrected chi connectivity index (χ0v) is 34.2. The summed E-state index contributed by atoms with van der Waals surface area (Å²) in [6.07, 6.45) is 9.75.